The molecular weight excluding hydrogens is 373 g/mol. The van der Waals surface area contributed by atoms with Crippen LogP contribution in [0.4, 0.5) is 9.18 Å². The van der Waals surface area contributed by atoms with Gasteiger partial charge in [0.25, 0.3) is 5.91 Å². The van der Waals surface area contributed by atoms with Gasteiger partial charge in [-0.25, -0.2) is 9.18 Å². The van der Waals surface area contributed by atoms with Crippen LogP contribution in [0.25, 0.3) is 0 Å². The van der Waals surface area contributed by atoms with Gasteiger partial charge in [0.2, 0.25) is 5.91 Å². The maximum absolute atomic E-state index is 13.3. The summed E-state index contributed by atoms with van der Waals surface area (Å²) in [6, 6.07) is 14.0. The molecule has 2 aromatic rings. The summed E-state index contributed by atoms with van der Waals surface area (Å²) in [5.74, 6) is -1.07. The van der Waals surface area contributed by atoms with Crippen molar-refractivity contribution in [3.05, 3.63) is 71.5 Å². The molecule has 0 spiro atoms. The molecule has 6 nitrogen and oxygen atoms in total. The molecule has 2 N–H and O–H groups in total. The molecule has 2 atom stereocenters. The van der Waals surface area contributed by atoms with Crippen LogP contribution in [0.3, 0.4) is 0 Å². The second-order valence-corrected chi connectivity index (χ2v) is 7.76. The number of urea groups is 1. The van der Waals surface area contributed by atoms with Crippen LogP contribution in [0.1, 0.15) is 36.9 Å². The number of imide groups is 1. The van der Waals surface area contributed by atoms with Crippen molar-refractivity contribution in [3.8, 4) is 0 Å². The van der Waals surface area contributed by atoms with E-state index < -0.39 is 23.5 Å². The highest BCUT2D eigenvalue weighted by Gasteiger charge is 2.56. The molecule has 2 fully saturated rings. The molecule has 2 unspecified atom stereocenters. The number of nitrogens with zero attached hydrogens (tertiary/aromatic N) is 1. The first-order valence-corrected chi connectivity index (χ1v) is 9.62. The third-order valence-corrected chi connectivity index (χ3v) is 5.64. The lowest BCUT2D eigenvalue weighted by Crippen LogP contribution is -2.47. The quantitative estimate of drug-likeness (QED) is 0.739. The number of nitrogens with one attached hydrogen (secondary N) is 2. The lowest BCUT2D eigenvalue weighted by molar-refractivity contribution is -0.135. The van der Waals surface area contributed by atoms with Crippen molar-refractivity contribution in [2.75, 3.05) is 6.54 Å². The lowest BCUT2D eigenvalue weighted by Gasteiger charge is -2.23. The summed E-state index contributed by atoms with van der Waals surface area (Å²) in [5.41, 5.74) is 0.589. The van der Waals surface area contributed by atoms with Gasteiger partial charge in [0.1, 0.15) is 17.9 Å². The molecule has 1 saturated carbocycles. The van der Waals surface area contributed by atoms with Gasteiger partial charge in [-0.2, -0.15) is 0 Å². The Morgan fingerprint density at radius 2 is 1.76 bits per heavy atom. The Bertz CT molecular complexity index is 944. The van der Waals surface area contributed by atoms with Crippen molar-refractivity contribution >= 4 is 17.8 Å². The second-order valence-electron chi connectivity index (χ2n) is 7.76. The minimum atomic E-state index is -0.923. The first kappa shape index (κ1) is 19.1. The molecule has 1 aliphatic carbocycles. The molecule has 29 heavy (non-hydrogen) atoms. The van der Waals surface area contributed by atoms with E-state index in [-0.39, 0.29) is 24.2 Å². The molecule has 1 aliphatic heterocycles. The van der Waals surface area contributed by atoms with E-state index in [0.29, 0.717) is 5.56 Å². The molecule has 1 saturated heterocycles. The van der Waals surface area contributed by atoms with E-state index >= 15 is 0 Å². The average molecular weight is 395 g/mol. The Morgan fingerprint density at radius 1 is 1.14 bits per heavy atom. The Labute approximate surface area is 168 Å². The third-order valence-electron chi connectivity index (χ3n) is 5.64. The summed E-state index contributed by atoms with van der Waals surface area (Å²) < 4.78 is 13.3. The maximum atomic E-state index is 13.3. The highest BCUT2D eigenvalue weighted by molar-refractivity contribution is 6.09. The fraction of sp³-hybridized carbons (Fsp3) is 0.318. The van der Waals surface area contributed by atoms with Gasteiger partial charge < -0.3 is 10.6 Å². The molecule has 7 heteroatoms. The monoisotopic (exact) mass is 395 g/mol. The fourth-order valence-electron chi connectivity index (χ4n) is 3.81. The third kappa shape index (κ3) is 3.72. The molecule has 0 bridgehead atoms. The van der Waals surface area contributed by atoms with Gasteiger partial charge in [-0.3, -0.25) is 14.5 Å². The van der Waals surface area contributed by atoms with Gasteiger partial charge in [0.15, 0.2) is 0 Å². The van der Waals surface area contributed by atoms with Crippen LogP contribution < -0.4 is 10.6 Å². The number of carbonyl (C=O) groups is 3. The summed E-state index contributed by atoms with van der Waals surface area (Å²) in [7, 11) is 0. The predicted octanol–water partition coefficient (Wildman–Crippen LogP) is 2.75. The summed E-state index contributed by atoms with van der Waals surface area (Å²) in [5, 5.41) is 5.61. The minimum absolute atomic E-state index is 0.128. The number of amides is 4. The Kier molecular flexibility index (Phi) is 4.82. The van der Waals surface area contributed by atoms with Crippen molar-refractivity contribution < 1.29 is 18.8 Å². The van der Waals surface area contributed by atoms with Crippen LogP contribution in [-0.2, 0) is 9.59 Å². The van der Waals surface area contributed by atoms with Gasteiger partial charge in [0, 0.05) is 0 Å². The zero-order valence-corrected chi connectivity index (χ0v) is 16.0. The summed E-state index contributed by atoms with van der Waals surface area (Å²) in [6.07, 6.45) is 1.78. The van der Waals surface area contributed by atoms with Crippen LogP contribution in [-0.4, -0.2) is 34.8 Å². The Hall–Kier alpha value is -3.22. The maximum Gasteiger partial charge on any atom is 0.325 e. The van der Waals surface area contributed by atoms with Crippen molar-refractivity contribution in [2.24, 2.45) is 5.92 Å². The topological polar surface area (TPSA) is 78.5 Å². The van der Waals surface area contributed by atoms with E-state index in [1.807, 2.05) is 30.3 Å². The van der Waals surface area contributed by atoms with E-state index in [9.17, 15) is 18.8 Å². The molecule has 0 aromatic heterocycles. The van der Waals surface area contributed by atoms with E-state index in [4.69, 9.17) is 0 Å². The van der Waals surface area contributed by atoms with Crippen LogP contribution in [0.5, 0.6) is 0 Å². The fourth-order valence-corrected chi connectivity index (χ4v) is 3.81. The molecule has 2 aliphatic rings. The molecule has 4 rings (SSSR count). The number of carbonyl (C=O) groups excluding carboxylic acids is 3. The zero-order chi connectivity index (χ0) is 20.6. The zero-order valence-electron chi connectivity index (χ0n) is 16.0. The number of benzene rings is 2. The summed E-state index contributed by atoms with van der Waals surface area (Å²) in [6.45, 7) is 1.35. The van der Waals surface area contributed by atoms with Crippen LogP contribution in [0.15, 0.2) is 54.6 Å². The SMILES string of the molecule is CC1(C2CC2)NC(=O)N(CC(=O)NC(c2ccccc2)c2ccc(F)cc2)C1=O. The number of halogens is 1. The molecule has 1 heterocycles. The summed E-state index contributed by atoms with van der Waals surface area (Å²) in [4.78, 5) is 38.8. The van der Waals surface area contributed by atoms with Crippen LogP contribution in [0.2, 0.25) is 0 Å². The van der Waals surface area contributed by atoms with E-state index in [2.05, 4.69) is 10.6 Å². The van der Waals surface area contributed by atoms with Gasteiger partial charge in [-0.1, -0.05) is 42.5 Å². The molecule has 2 aromatic carbocycles. The van der Waals surface area contributed by atoms with Gasteiger partial charge in [-0.05, 0) is 48.9 Å². The van der Waals surface area contributed by atoms with Crippen molar-refractivity contribution in [1.82, 2.24) is 15.5 Å². The molecule has 0 radical (unpaired) electrons. The standard InChI is InChI=1S/C22H22FN3O3/c1-22(16-9-10-16)20(28)26(21(29)25-22)13-18(27)24-19(14-5-3-2-4-6-14)15-7-11-17(23)12-8-15/h2-8,11-12,16,19H,9-10,13H2,1H3,(H,24,27)(H,25,29). The van der Waals surface area contributed by atoms with Crippen molar-refractivity contribution in [1.29, 1.82) is 0 Å². The largest absolute Gasteiger partial charge is 0.344 e. The van der Waals surface area contributed by atoms with Crippen molar-refractivity contribution in [2.45, 2.75) is 31.3 Å². The van der Waals surface area contributed by atoms with Crippen LogP contribution in [0, 0.1) is 11.7 Å². The van der Waals surface area contributed by atoms with Gasteiger partial charge in [0.05, 0.1) is 6.04 Å². The first-order chi connectivity index (χ1) is 13.9. The highest BCUT2D eigenvalue weighted by atomic mass is 19.1. The van der Waals surface area contributed by atoms with E-state index in [1.54, 1.807) is 19.1 Å². The normalized spacial score (nSPS) is 22.3. The van der Waals surface area contributed by atoms with Crippen LogP contribution >= 0.6 is 0 Å². The Morgan fingerprint density at radius 3 is 2.38 bits per heavy atom. The smallest absolute Gasteiger partial charge is 0.325 e. The van der Waals surface area contributed by atoms with Crippen molar-refractivity contribution in [3.63, 3.8) is 0 Å². The molecule has 150 valence electrons. The van der Waals surface area contributed by atoms with E-state index in [1.165, 1.54) is 12.1 Å². The predicted molar refractivity (Wildman–Crippen MR) is 104 cm³/mol. The number of rotatable bonds is 6. The summed E-state index contributed by atoms with van der Waals surface area (Å²) >= 11 is 0. The highest BCUT2D eigenvalue weighted by Crippen LogP contribution is 2.42. The molecule has 4 amide bonds. The van der Waals surface area contributed by atoms with E-state index in [0.717, 1.165) is 23.3 Å². The second kappa shape index (κ2) is 7.31. The minimum Gasteiger partial charge on any atom is -0.344 e. The lowest BCUT2D eigenvalue weighted by atomic mass is 9.96. The Balaban J connectivity index is 1.52. The van der Waals surface area contributed by atoms with Gasteiger partial charge >= 0.3 is 6.03 Å². The number of hydrogen-bond donors (Lipinski definition) is 2. The van der Waals surface area contributed by atoms with Gasteiger partial charge in [-0.15, -0.1) is 0 Å². The first-order valence-electron chi connectivity index (χ1n) is 9.62. The average Bonchev–Trinajstić information content (AvgIpc) is 3.54. The molecular formula is C22H22FN3O3. The number of hydrogen-bond acceptors (Lipinski definition) is 3.